The summed E-state index contributed by atoms with van der Waals surface area (Å²) in [4.78, 5) is 0. The Labute approximate surface area is 130 Å². The molecule has 2 fully saturated rings. The Kier molecular flexibility index (Phi) is 6.27. The first-order chi connectivity index (χ1) is 10.8. The highest BCUT2D eigenvalue weighted by Gasteiger charge is 2.49. The van der Waals surface area contributed by atoms with E-state index in [-0.39, 0.29) is 0 Å². The molecule has 2 saturated heterocycles. The lowest BCUT2D eigenvalue weighted by Gasteiger charge is -2.44. The summed E-state index contributed by atoms with van der Waals surface area (Å²) in [6, 6.07) is 0. The maximum absolute atomic E-state index is 9.84. The summed E-state index contributed by atoms with van der Waals surface area (Å²) in [5.74, 6) is 0. The molecular weight excluding hydrogens is 320 g/mol. The molecule has 0 aliphatic carbocycles. The minimum absolute atomic E-state index is 0.667. The van der Waals surface area contributed by atoms with E-state index in [0.717, 1.165) is 0 Å². The van der Waals surface area contributed by atoms with Crippen LogP contribution in [0.15, 0.2) is 0 Å². The van der Waals surface area contributed by atoms with Crippen molar-refractivity contribution < 1.29 is 55.1 Å². The van der Waals surface area contributed by atoms with Gasteiger partial charge in [-0.25, -0.2) is 0 Å². The Hall–Kier alpha value is -0.440. The van der Waals surface area contributed by atoms with Crippen LogP contribution in [0.5, 0.6) is 0 Å². The van der Waals surface area contributed by atoms with E-state index in [1.807, 2.05) is 0 Å². The molecule has 8 N–H and O–H groups in total. The first-order valence-electron chi connectivity index (χ1n) is 7.08. The van der Waals surface area contributed by atoms with E-state index < -0.39 is 74.6 Å². The number of aliphatic hydroxyl groups excluding tert-OH is 8. The Morgan fingerprint density at radius 1 is 0.565 bits per heavy atom. The van der Waals surface area contributed by atoms with Crippen molar-refractivity contribution in [3.05, 3.63) is 0 Å². The maximum atomic E-state index is 9.84. The summed E-state index contributed by atoms with van der Waals surface area (Å²) in [6.07, 6.45) is -15.6. The van der Waals surface area contributed by atoms with E-state index in [1.54, 1.807) is 0 Å². The molecule has 2 aliphatic heterocycles. The van der Waals surface area contributed by atoms with Crippen LogP contribution in [0.3, 0.4) is 0 Å². The normalized spacial score (nSPS) is 51.7. The minimum atomic E-state index is -1.72. The SMILES string of the molecule is OC[C@@H]1O[C@H](O[C@@H]2O[C@H](CO)[C@@H](O)[C@H](O)[C@@H]2O)[C@H](O)[C@H](O)[C@@H]1O. The number of rotatable bonds is 4. The van der Waals surface area contributed by atoms with Crippen LogP contribution in [-0.4, -0.2) is 115 Å². The van der Waals surface area contributed by atoms with Crippen molar-refractivity contribution in [2.75, 3.05) is 13.2 Å². The molecule has 0 amide bonds. The van der Waals surface area contributed by atoms with Gasteiger partial charge in [-0.05, 0) is 0 Å². The van der Waals surface area contributed by atoms with Crippen LogP contribution < -0.4 is 0 Å². The second-order valence-corrected chi connectivity index (χ2v) is 5.53. The summed E-state index contributed by atoms with van der Waals surface area (Å²) >= 11 is 0. The summed E-state index contributed by atoms with van der Waals surface area (Å²) in [7, 11) is 0. The van der Waals surface area contributed by atoms with Crippen molar-refractivity contribution in [2.45, 2.75) is 61.4 Å². The first-order valence-corrected chi connectivity index (χ1v) is 7.08. The number of hydrogen-bond acceptors (Lipinski definition) is 11. The third-order valence-electron chi connectivity index (χ3n) is 3.97. The molecule has 23 heavy (non-hydrogen) atoms. The Balaban J connectivity index is 2.07. The lowest BCUT2D eigenvalue weighted by Crippen LogP contribution is -2.63. The molecule has 0 spiro atoms. The zero-order valence-corrected chi connectivity index (χ0v) is 12.0. The van der Waals surface area contributed by atoms with E-state index in [0.29, 0.717) is 0 Å². The third kappa shape index (κ3) is 3.65. The smallest absolute Gasteiger partial charge is 0.189 e. The molecule has 2 heterocycles. The average molecular weight is 342 g/mol. The second-order valence-electron chi connectivity index (χ2n) is 5.53. The Morgan fingerprint density at radius 2 is 0.913 bits per heavy atom. The van der Waals surface area contributed by atoms with Crippen molar-refractivity contribution in [3.63, 3.8) is 0 Å². The summed E-state index contributed by atoms with van der Waals surface area (Å²) in [5.41, 5.74) is 0. The molecule has 136 valence electrons. The summed E-state index contributed by atoms with van der Waals surface area (Å²) < 4.78 is 15.3. The van der Waals surface area contributed by atoms with Crippen molar-refractivity contribution in [3.8, 4) is 0 Å². The van der Waals surface area contributed by atoms with Gasteiger partial charge in [-0.15, -0.1) is 0 Å². The van der Waals surface area contributed by atoms with Crippen molar-refractivity contribution in [1.82, 2.24) is 0 Å². The van der Waals surface area contributed by atoms with Crippen LogP contribution >= 0.6 is 0 Å². The number of hydrogen-bond donors (Lipinski definition) is 8. The number of ether oxygens (including phenoxy) is 3. The molecule has 11 heteroatoms. The molecular formula is C12H22O11. The molecule has 10 atom stereocenters. The molecule has 2 aliphatic rings. The van der Waals surface area contributed by atoms with Crippen LogP contribution in [0.25, 0.3) is 0 Å². The van der Waals surface area contributed by atoms with Crippen LogP contribution in [0, 0.1) is 0 Å². The molecule has 11 nitrogen and oxygen atoms in total. The first kappa shape index (κ1) is 18.9. The molecule has 0 aromatic carbocycles. The Morgan fingerprint density at radius 3 is 1.22 bits per heavy atom. The van der Waals surface area contributed by atoms with Gasteiger partial charge in [0.15, 0.2) is 12.6 Å². The third-order valence-corrected chi connectivity index (χ3v) is 3.97. The molecule has 0 aromatic rings. The van der Waals surface area contributed by atoms with Crippen molar-refractivity contribution in [1.29, 1.82) is 0 Å². The monoisotopic (exact) mass is 342 g/mol. The van der Waals surface area contributed by atoms with E-state index in [2.05, 4.69) is 0 Å². The number of aliphatic hydroxyl groups is 8. The average Bonchev–Trinajstić information content (AvgIpc) is 2.55. The predicted octanol–water partition coefficient (Wildman–Crippen LogP) is -5.40. The van der Waals surface area contributed by atoms with Gasteiger partial charge in [0.2, 0.25) is 0 Å². The molecule has 0 bridgehead atoms. The summed E-state index contributed by atoms with van der Waals surface area (Å²) in [5, 5.41) is 76.4. The fourth-order valence-electron chi connectivity index (χ4n) is 2.49. The van der Waals surface area contributed by atoms with E-state index in [4.69, 9.17) is 24.4 Å². The molecule has 2 rings (SSSR count). The molecule has 0 saturated carbocycles. The van der Waals surface area contributed by atoms with Gasteiger partial charge in [0, 0.05) is 0 Å². The van der Waals surface area contributed by atoms with Crippen LogP contribution in [0.4, 0.5) is 0 Å². The van der Waals surface area contributed by atoms with E-state index in [9.17, 15) is 30.6 Å². The quantitative estimate of drug-likeness (QED) is 0.243. The highest BCUT2D eigenvalue weighted by molar-refractivity contribution is 4.92. The summed E-state index contributed by atoms with van der Waals surface area (Å²) in [6.45, 7) is -1.33. The minimum Gasteiger partial charge on any atom is -0.394 e. The fourth-order valence-corrected chi connectivity index (χ4v) is 2.49. The fraction of sp³-hybridized carbons (Fsp3) is 1.00. The van der Waals surface area contributed by atoms with Gasteiger partial charge in [0.05, 0.1) is 13.2 Å². The van der Waals surface area contributed by atoms with Crippen LogP contribution in [0.1, 0.15) is 0 Å². The molecule has 0 radical (unpaired) electrons. The van der Waals surface area contributed by atoms with Crippen molar-refractivity contribution in [2.24, 2.45) is 0 Å². The highest BCUT2D eigenvalue weighted by atomic mass is 16.8. The van der Waals surface area contributed by atoms with Gasteiger partial charge in [0.1, 0.15) is 48.8 Å². The lowest BCUT2D eigenvalue weighted by atomic mass is 9.98. The Bertz CT molecular complexity index is 344. The lowest BCUT2D eigenvalue weighted by molar-refractivity contribution is -0.376. The van der Waals surface area contributed by atoms with E-state index >= 15 is 0 Å². The predicted molar refractivity (Wildman–Crippen MR) is 68.6 cm³/mol. The largest absolute Gasteiger partial charge is 0.394 e. The second kappa shape index (κ2) is 7.63. The van der Waals surface area contributed by atoms with Gasteiger partial charge in [-0.3, -0.25) is 0 Å². The van der Waals surface area contributed by atoms with Crippen LogP contribution in [-0.2, 0) is 14.2 Å². The molecule has 0 unspecified atom stereocenters. The standard InChI is InChI=1S/C12H22O11/c13-1-3-5(15)7(17)9(19)11(21-3)23-12-10(20)8(18)6(16)4(2-14)22-12/h3-20H,1-2H2/t3-,4+,5-,6-,7+,8-,9+,10-,11+,12-/m1/s1. The maximum Gasteiger partial charge on any atom is 0.189 e. The molecule has 0 aromatic heterocycles. The van der Waals surface area contributed by atoms with Gasteiger partial charge in [-0.1, -0.05) is 0 Å². The van der Waals surface area contributed by atoms with E-state index in [1.165, 1.54) is 0 Å². The highest BCUT2D eigenvalue weighted by Crippen LogP contribution is 2.27. The van der Waals surface area contributed by atoms with Crippen LogP contribution in [0.2, 0.25) is 0 Å². The van der Waals surface area contributed by atoms with Gasteiger partial charge >= 0.3 is 0 Å². The van der Waals surface area contributed by atoms with Gasteiger partial charge in [-0.2, -0.15) is 0 Å². The van der Waals surface area contributed by atoms with Gasteiger partial charge < -0.3 is 55.1 Å². The van der Waals surface area contributed by atoms with Crippen molar-refractivity contribution >= 4 is 0 Å². The topological polar surface area (TPSA) is 190 Å². The zero-order chi connectivity index (χ0) is 17.3. The van der Waals surface area contributed by atoms with Gasteiger partial charge in [0.25, 0.3) is 0 Å². The zero-order valence-electron chi connectivity index (χ0n) is 12.0.